The lowest BCUT2D eigenvalue weighted by molar-refractivity contribution is -0.140. The molecule has 0 fully saturated rings. The Hall–Kier alpha value is -1.99. The van der Waals surface area contributed by atoms with Crippen molar-refractivity contribution in [2.24, 2.45) is 5.84 Å². The second kappa shape index (κ2) is 5.79. The van der Waals surface area contributed by atoms with E-state index in [1.54, 1.807) is 25.1 Å². The molecule has 0 bridgehead atoms. The van der Waals surface area contributed by atoms with Gasteiger partial charge in [-0.25, -0.2) is 9.82 Å². The van der Waals surface area contributed by atoms with Crippen LogP contribution in [0.5, 0.6) is 0 Å². The summed E-state index contributed by atoms with van der Waals surface area (Å²) in [4.78, 5) is 4.23. The summed E-state index contributed by atoms with van der Waals surface area (Å²) in [6.07, 6.45) is -4.73. The molecule has 0 aliphatic carbocycles. The molecule has 0 aliphatic heterocycles. The van der Waals surface area contributed by atoms with Crippen molar-refractivity contribution in [1.29, 1.82) is 0 Å². The largest absolute Gasteiger partial charge is 0.419 e. The second-order valence-electron chi connectivity index (χ2n) is 4.54. The predicted molar refractivity (Wildman–Crippen MR) is 69.5 cm³/mol. The third-order valence-electron chi connectivity index (χ3n) is 3.00. The number of nitrogens with one attached hydrogen (secondary N) is 1. The van der Waals surface area contributed by atoms with Crippen LogP contribution in [0.15, 0.2) is 36.4 Å². The predicted octanol–water partition coefficient (Wildman–Crippen LogP) is 3.10. The van der Waals surface area contributed by atoms with Gasteiger partial charge in [0.15, 0.2) is 0 Å². The van der Waals surface area contributed by atoms with Gasteiger partial charge in [-0.1, -0.05) is 12.1 Å². The number of nitrogens with zero attached hydrogens (tertiary/aromatic N) is 1. The van der Waals surface area contributed by atoms with Gasteiger partial charge in [0.25, 0.3) is 0 Å². The summed E-state index contributed by atoms with van der Waals surface area (Å²) in [6, 6.07) is 7.17. The molecule has 0 saturated carbocycles. The molecule has 0 aliphatic rings. The summed E-state index contributed by atoms with van der Waals surface area (Å²) >= 11 is 0. The Morgan fingerprint density at radius 2 is 1.90 bits per heavy atom. The van der Waals surface area contributed by atoms with Crippen LogP contribution in [0.3, 0.4) is 0 Å². The minimum Gasteiger partial charge on any atom is -0.271 e. The van der Waals surface area contributed by atoms with E-state index in [0.29, 0.717) is 11.8 Å². The van der Waals surface area contributed by atoms with Gasteiger partial charge in [-0.05, 0) is 36.8 Å². The maximum absolute atomic E-state index is 13.6. The number of aromatic nitrogens is 1. The lowest BCUT2D eigenvalue weighted by Gasteiger charge is -2.17. The number of benzene rings is 1. The summed E-state index contributed by atoms with van der Waals surface area (Å²) in [6.45, 7) is 1.77. The van der Waals surface area contributed by atoms with Crippen LogP contribution in [0, 0.1) is 12.7 Å². The van der Waals surface area contributed by atoms with Crippen molar-refractivity contribution in [3.05, 3.63) is 64.7 Å². The standard InChI is InChI=1S/C14H13F4N3/c1-8-3-2-4-12(20-8)13(21-19)9-5-6-10(11(15)7-9)14(16,17)18/h2-7,13,21H,19H2,1H3. The average molecular weight is 299 g/mol. The van der Waals surface area contributed by atoms with Gasteiger partial charge < -0.3 is 0 Å². The first-order valence-corrected chi connectivity index (χ1v) is 6.09. The number of hydrogen-bond donors (Lipinski definition) is 2. The Labute approximate surface area is 118 Å². The highest BCUT2D eigenvalue weighted by Gasteiger charge is 2.34. The van der Waals surface area contributed by atoms with Crippen molar-refractivity contribution in [3.63, 3.8) is 0 Å². The Morgan fingerprint density at radius 1 is 1.19 bits per heavy atom. The molecule has 1 aromatic carbocycles. The zero-order chi connectivity index (χ0) is 15.6. The SMILES string of the molecule is Cc1cccc(C(NN)c2ccc(C(F)(F)F)c(F)c2)n1. The summed E-state index contributed by atoms with van der Waals surface area (Å²) in [5.41, 5.74) is 2.61. The summed E-state index contributed by atoms with van der Waals surface area (Å²) in [5.74, 6) is 4.09. The number of hydrogen-bond acceptors (Lipinski definition) is 3. The molecule has 0 radical (unpaired) electrons. The van der Waals surface area contributed by atoms with E-state index in [4.69, 9.17) is 5.84 Å². The highest BCUT2D eigenvalue weighted by molar-refractivity contribution is 5.33. The molecule has 0 spiro atoms. The van der Waals surface area contributed by atoms with Gasteiger partial charge in [-0.15, -0.1) is 0 Å². The number of nitrogens with two attached hydrogens (primary N) is 1. The van der Waals surface area contributed by atoms with E-state index >= 15 is 0 Å². The van der Waals surface area contributed by atoms with E-state index in [-0.39, 0.29) is 5.56 Å². The molecular formula is C14H13F4N3. The number of rotatable bonds is 3. The number of aryl methyl sites for hydroxylation is 1. The zero-order valence-corrected chi connectivity index (χ0v) is 11.1. The summed E-state index contributed by atoms with van der Waals surface area (Å²) < 4.78 is 51.3. The third kappa shape index (κ3) is 3.37. The van der Waals surface area contributed by atoms with Gasteiger partial charge in [-0.2, -0.15) is 13.2 Å². The number of halogens is 4. The van der Waals surface area contributed by atoms with Gasteiger partial charge in [0.05, 0.1) is 17.3 Å². The first kappa shape index (κ1) is 15.4. The van der Waals surface area contributed by atoms with Crippen molar-refractivity contribution in [3.8, 4) is 0 Å². The highest BCUT2D eigenvalue weighted by Crippen LogP contribution is 2.33. The van der Waals surface area contributed by atoms with Crippen LogP contribution < -0.4 is 11.3 Å². The lowest BCUT2D eigenvalue weighted by atomic mass is 10.0. The van der Waals surface area contributed by atoms with Gasteiger partial charge in [0.1, 0.15) is 5.82 Å². The van der Waals surface area contributed by atoms with Crippen molar-refractivity contribution < 1.29 is 17.6 Å². The molecule has 0 amide bonds. The van der Waals surface area contributed by atoms with Gasteiger partial charge in [0, 0.05) is 5.69 Å². The Balaban J connectivity index is 2.42. The topological polar surface area (TPSA) is 50.9 Å². The molecule has 21 heavy (non-hydrogen) atoms. The maximum atomic E-state index is 13.6. The van der Waals surface area contributed by atoms with Gasteiger partial charge >= 0.3 is 6.18 Å². The summed E-state index contributed by atoms with van der Waals surface area (Å²) in [7, 11) is 0. The molecule has 1 heterocycles. The fourth-order valence-corrected chi connectivity index (χ4v) is 2.02. The van der Waals surface area contributed by atoms with Gasteiger partial charge in [0.2, 0.25) is 0 Å². The zero-order valence-electron chi connectivity index (χ0n) is 11.1. The highest BCUT2D eigenvalue weighted by atomic mass is 19.4. The Morgan fingerprint density at radius 3 is 2.43 bits per heavy atom. The van der Waals surface area contributed by atoms with Crippen LogP contribution >= 0.6 is 0 Å². The van der Waals surface area contributed by atoms with Crippen LogP contribution in [0.1, 0.15) is 28.6 Å². The van der Waals surface area contributed by atoms with E-state index in [2.05, 4.69) is 10.4 Å². The molecule has 0 saturated heterocycles. The fraction of sp³-hybridized carbons (Fsp3) is 0.214. The quantitative estimate of drug-likeness (QED) is 0.520. The Kier molecular flexibility index (Phi) is 4.24. The van der Waals surface area contributed by atoms with Crippen molar-refractivity contribution >= 4 is 0 Å². The van der Waals surface area contributed by atoms with Crippen LogP contribution in [0.2, 0.25) is 0 Å². The monoisotopic (exact) mass is 299 g/mol. The number of alkyl halides is 3. The fourth-order valence-electron chi connectivity index (χ4n) is 2.02. The van der Waals surface area contributed by atoms with E-state index < -0.39 is 23.6 Å². The van der Waals surface area contributed by atoms with Crippen LogP contribution in [-0.2, 0) is 6.18 Å². The molecule has 2 aromatic rings. The second-order valence-corrected chi connectivity index (χ2v) is 4.54. The van der Waals surface area contributed by atoms with Crippen LogP contribution in [0.25, 0.3) is 0 Å². The average Bonchev–Trinajstić information content (AvgIpc) is 2.38. The van der Waals surface area contributed by atoms with E-state index in [1.165, 1.54) is 6.07 Å². The molecule has 1 unspecified atom stereocenters. The minimum absolute atomic E-state index is 0.265. The van der Waals surface area contributed by atoms with Crippen molar-refractivity contribution in [2.45, 2.75) is 19.1 Å². The van der Waals surface area contributed by atoms with E-state index in [1.807, 2.05) is 0 Å². The Bertz CT molecular complexity index is 640. The first-order valence-electron chi connectivity index (χ1n) is 6.09. The molecule has 3 nitrogen and oxygen atoms in total. The number of hydrazine groups is 1. The summed E-state index contributed by atoms with van der Waals surface area (Å²) in [5, 5.41) is 0. The molecule has 7 heteroatoms. The molecule has 112 valence electrons. The van der Waals surface area contributed by atoms with Gasteiger partial charge in [-0.3, -0.25) is 10.8 Å². The smallest absolute Gasteiger partial charge is 0.271 e. The van der Waals surface area contributed by atoms with Crippen molar-refractivity contribution in [2.75, 3.05) is 0 Å². The normalized spacial score (nSPS) is 13.2. The van der Waals surface area contributed by atoms with Crippen LogP contribution in [-0.4, -0.2) is 4.98 Å². The lowest BCUT2D eigenvalue weighted by Crippen LogP contribution is -2.29. The van der Waals surface area contributed by atoms with Crippen molar-refractivity contribution in [1.82, 2.24) is 10.4 Å². The molecule has 2 rings (SSSR count). The first-order chi connectivity index (χ1) is 9.82. The molecule has 1 aromatic heterocycles. The molecule has 1 atom stereocenters. The number of pyridine rings is 1. The molecular weight excluding hydrogens is 286 g/mol. The van der Waals surface area contributed by atoms with E-state index in [0.717, 1.165) is 11.8 Å². The maximum Gasteiger partial charge on any atom is 0.419 e. The van der Waals surface area contributed by atoms with Crippen LogP contribution in [0.4, 0.5) is 17.6 Å². The third-order valence-corrected chi connectivity index (χ3v) is 3.00. The van der Waals surface area contributed by atoms with E-state index in [9.17, 15) is 17.6 Å². The molecule has 3 N–H and O–H groups in total. The minimum atomic E-state index is -4.73.